The molecule has 0 bridgehead atoms. The first-order chi connectivity index (χ1) is 6.52. The fourth-order valence-electron chi connectivity index (χ4n) is 1.00. The van der Waals surface area contributed by atoms with Crippen LogP contribution in [0.3, 0.4) is 0 Å². The van der Waals surface area contributed by atoms with Gasteiger partial charge in [0.15, 0.2) is 0 Å². The molecule has 0 amide bonds. The number of carbonyl (C=O) groups is 1. The van der Waals surface area contributed by atoms with Crippen LogP contribution in [0.1, 0.15) is 20.8 Å². The maximum absolute atomic E-state index is 11.2. The van der Waals surface area contributed by atoms with E-state index < -0.39 is 0 Å². The third-order valence-electron chi connectivity index (χ3n) is 2.46. The maximum atomic E-state index is 11.2. The van der Waals surface area contributed by atoms with Crippen molar-refractivity contribution in [3.05, 3.63) is 30.3 Å². The van der Waals surface area contributed by atoms with E-state index >= 15 is 0 Å². The van der Waals surface area contributed by atoms with Gasteiger partial charge < -0.3 is 5.32 Å². The first kappa shape index (κ1) is 10.8. The summed E-state index contributed by atoms with van der Waals surface area (Å²) in [5, 5.41) is 3.25. The normalized spacial score (nSPS) is 11.1. The topological polar surface area (TPSA) is 29.1 Å². The fourth-order valence-corrected chi connectivity index (χ4v) is 1.00. The molecule has 0 spiro atoms. The van der Waals surface area contributed by atoms with Gasteiger partial charge >= 0.3 is 0 Å². The van der Waals surface area contributed by atoms with Crippen LogP contribution in [0, 0.1) is 5.41 Å². The molecule has 1 N–H and O–H groups in total. The number of hydrogen-bond acceptors (Lipinski definition) is 2. The summed E-state index contributed by atoms with van der Waals surface area (Å²) in [6.45, 7) is 6.20. The molecule has 1 aromatic carbocycles. The van der Waals surface area contributed by atoms with Crippen molar-refractivity contribution in [2.75, 3.05) is 11.9 Å². The lowest BCUT2D eigenvalue weighted by Crippen LogP contribution is -2.30. The number of nitrogens with one attached hydrogen (secondary N) is 1. The first-order valence-corrected chi connectivity index (χ1v) is 4.82. The lowest BCUT2D eigenvalue weighted by Gasteiger charge is -2.22. The minimum absolute atomic E-state index is 0.209. The molecule has 2 nitrogen and oxygen atoms in total. The molecule has 0 radical (unpaired) electrons. The molecular formula is C12H17NO. The average Bonchev–Trinajstić information content (AvgIpc) is 2.16. The largest absolute Gasteiger partial charge is 0.384 e. The lowest BCUT2D eigenvalue weighted by molar-refractivity contribution is -0.124. The smallest absolute Gasteiger partial charge is 0.137 e. The molecule has 0 aliphatic carbocycles. The summed E-state index contributed by atoms with van der Waals surface area (Å²) in [7, 11) is 0. The Bertz CT molecular complexity index is 303. The van der Waals surface area contributed by atoms with Crippen molar-refractivity contribution in [1.82, 2.24) is 0 Å². The second-order valence-electron chi connectivity index (χ2n) is 4.16. The van der Waals surface area contributed by atoms with Crippen LogP contribution in [-0.4, -0.2) is 12.3 Å². The highest BCUT2D eigenvalue weighted by molar-refractivity contribution is 5.82. The molecule has 1 aromatic rings. The van der Waals surface area contributed by atoms with Crippen LogP contribution >= 0.6 is 0 Å². The summed E-state index contributed by atoms with van der Waals surface area (Å²) in [5.41, 5.74) is 0.761. The summed E-state index contributed by atoms with van der Waals surface area (Å²) in [5.74, 6) is 0.209. The van der Waals surface area contributed by atoms with Crippen LogP contribution in [0.2, 0.25) is 0 Å². The van der Waals surface area contributed by atoms with Gasteiger partial charge in [0, 0.05) is 17.6 Å². The van der Waals surface area contributed by atoms with Crippen LogP contribution in [0.4, 0.5) is 5.69 Å². The Hall–Kier alpha value is -1.31. The zero-order chi connectivity index (χ0) is 10.6. The Balaban J connectivity index is 2.53. The summed E-state index contributed by atoms with van der Waals surface area (Å²) in [4.78, 5) is 11.2. The van der Waals surface area contributed by atoms with E-state index in [-0.39, 0.29) is 11.2 Å². The molecule has 0 aliphatic rings. The van der Waals surface area contributed by atoms with Gasteiger partial charge in [0.25, 0.3) is 0 Å². The number of anilines is 1. The van der Waals surface area contributed by atoms with E-state index in [1.165, 1.54) is 0 Å². The Morgan fingerprint density at radius 2 is 1.86 bits per heavy atom. The number of rotatable bonds is 4. The van der Waals surface area contributed by atoms with E-state index in [1.807, 2.05) is 44.2 Å². The predicted octanol–water partition coefficient (Wildman–Crippen LogP) is 2.71. The van der Waals surface area contributed by atoms with Crippen molar-refractivity contribution in [2.45, 2.75) is 20.8 Å². The van der Waals surface area contributed by atoms with Crippen LogP contribution in [0.5, 0.6) is 0 Å². The van der Waals surface area contributed by atoms with Gasteiger partial charge in [0.2, 0.25) is 0 Å². The third-order valence-corrected chi connectivity index (χ3v) is 2.46. The maximum Gasteiger partial charge on any atom is 0.137 e. The van der Waals surface area contributed by atoms with Gasteiger partial charge in [-0.15, -0.1) is 0 Å². The highest BCUT2D eigenvalue weighted by Gasteiger charge is 2.22. The van der Waals surface area contributed by atoms with E-state index in [0.717, 1.165) is 5.69 Å². The fraction of sp³-hybridized carbons (Fsp3) is 0.417. The summed E-state index contributed by atoms with van der Waals surface area (Å²) in [6.07, 6.45) is 0. The lowest BCUT2D eigenvalue weighted by atomic mass is 9.89. The summed E-state index contributed by atoms with van der Waals surface area (Å²) < 4.78 is 0. The van der Waals surface area contributed by atoms with E-state index in [4.69, 9.17) is 0 Å². The van der Waals surface area contributed by atoms with E-state index in [9.17, 15) is 4.79 Å². The molecule has 0 aliphatic heterocycles. The van der Waals surface area contributed by atoms with Gasteiger partial charge in [0.05, 0.1) is 0 Å². The molecular weight excluding hydrogens is 174 g/mol. The minimum atomic E-state index is -0.296. The Morgan fingerprint density at radius 3 is 2.36 bits per heavy atom. The molecule has 0 saturated carbocycles. The molecule has 2 heteroatoms. The second-order valence-corrected chi connectivity index (χ2v) is 4.16. The Labute approximate surface area is 85.3 Å². The van der Waals surface area contributed by atoms with Crippen molar-refractivity contribution in [3.63, 3.8) is 0 Å². The molecule has 0 atom stereocenters. The van der Waals surface area contributed by atoms with Crippen LogP contribution in [-0.2, 0) is 4.79 Å². The number of benzene rings is 1. The molecule has 0 fully saturated rings. The van der Waals surface area contributed by atoms with Crippen LogP contribution in [0.25, 0.3) is 0 Å². The molecule has 0 aromatic heterocycles. The predicted molar refractivity (Wildman–Crippen MR) is 59.4 cm³/mol. The highest BCUT2D eigenvalue weighted by Crippen LogP contribution is 2.17. The standard InChI is InChI=1S/C12H17NO/c1-10(14)12(2,3)9-13-11-7-5-4-6-8-11/h4-8,13H,9H2,1-3H3. The second kappa shape index (κ2) is 4.27. The first-order valence-electron chi connectivity index (χ1n) is 4.82. The van der Waals surface area contributed by atoms with E-state index in [2.05, 4.69) is 5.32 Å². The van der Waals surface area contributed by atoms with E-state index in [1.54, 1.807) is 6.92 Å². The van der Waals surface area contributed by atoms with Gasteiger partial charge in [-0.05, 0) is 19.1 Å². The highest BCUT2D eigenvalue weighted by atomic mass is 16.1. The molecule has 1 rings (SSSR count). The summed E-state index contributed by atoms with van der Waals surface area (Å²) >= 11 is 0. The van der Waals surface area contributed by atoms with Gasteiger partial charge in [-0.2, -0.15) is 0 Å². The quantitative estimate of drug-likeness (QED) is 0.792. The molecule has 76 valence electrons. The monoisotopic (exact) mass is 191 g/mol. The van der Waals surface area contributed by atoms with Crippen molar-refractivity contribution < 1.29 is 4.79 Å². The van der Waals surface area contributed by atoms with Crippen LogP contribution < -0.4 is 5.32 Å². The SMILES string of the molecule is CC(=O)C(C)(C)CNc1ccccc1. The number of hydrogen-bond donors (Lipinski definition) is 1. The Kier molecular flexibility index (Phi) is 3.28. The van der Waals surface area contributed by atoms with Gasteiger partial charge in [0.1, 0.15) is 5.78 Å². The minimum Gasteiger partial charge on any atom is -0.384 e. The number of ketones is 1. The third kappa shape index (κ3) is 2.87. The molecule has 14 heavy (non-hydrogen) atoms. The van der Waals surface area contributed by atoms with E-state index in [0.29, 0.717) is 6.54 Å². The molecule has 0 saturated heterocycles. The van der Waals surface area contributed by atoms with Crippen LogP contribution in [0.15, 0.2) is 30.3 Å². The summed E-state index contributed by atoms with van der Waals surface area (Å²) in [6, 6.07) is 9.92. The zero-order valence-corrected chi connectivity index (χ0v) is 9.00. The zero-order valence-electron chi connectivity index (χ0n) is 9.00. The Morgan fingerprint density at radius 1 is 1.29 bits per heavy atom. The van der Waals surface area contributed by atoms with Crippen molar-refractivity contribution in [1.29, 1.82) is 0 Å². The average molecular weight is 191 g/mol. The molecule has 0 heterocycles. The number of para-hydroxylation sites is 1. The number of Topliss-reactive ketones (excluding diaryl/α,β-unsaturated/α-hetero) is 1. The van der Waals surface area contributed by atoms with Crippen molar-refractivity contribution in [2.24, 2.45) is 5.41 Å². The van der Waals surface area contributed by atoms with Crippen molar-refractivity contribution in [3.8, 4) is 0 Å². The van der Waals surface area contributed by atoms with Crippen molar-refractivity contribution >= 4 is 11.5 Å². The number of carbonyl (C=O) groups excluding carboxylic acids is 1. The van der Waals surface area contributed by atoms with Gasteiger partial charge in [-0.3, -0.25) is 4.79 Å². The van der Waals surface area contributed by atoms with Gasteiger partial charge in [-0.1, -0.05) is 32.0 Å². The molecule has 0 unspecified atom stereocenters. The van der Waals surface area contributed by atoms with Gasteiger partial charge in [-0.25, -0.2) is 0 Å².